The molecule has 0 unspecified atom stereocenters. The second-order valence-corrected chi connectivity index (χ2v) is 3.42. The van der Waals surface area contributed by atoms with E-state index in [-0.39, 0.29) is 0 Å². The highest BCUT2D eigenvalue weighted by Gasteiger charge is 2.04. The molecule has 0 aromatic carbocycles. The van der Waals surface area contributed by atoms with E-state index in [9.17, 15) is 0 Å². The minimum atomic E-state index is 0.621. The Bertz CT molecular complexity index is 230. The maximum absolute atomic E-state index is 5.38. The average Bonchev–Trinajstić information content (AvgIpc) is 2.36. The van der Waals surface area contributed by atoms with E-state index in [4.69, 9.17) is 10.3 Å². The highest BCUT2D eigenvalue weighted by Crippen LogP contribution is 2.08. The lowest BCUT2D eigenvalue weighted by atomic mass is 10.1. The van der Waals surface area contributed by atoms with Crippen LogP contribution in [0.2, 0.25) is 0 Å². The Hall–Kier alpha value is -0.830. The molecular weight excluding hydrogens is 152 g/mol. The van der Waals surface area contributed by atoms with Gasteiger partial charge in [0.15, 0.2) is 0 Å². The maximum atomic E-state index is 5.38. The van der Waals surface area contributed by atoms with E-state index < -0.39 is 0 Å². The van der Waals surface area contributed by atoms with Gasteiger partial charge in [-0.15, -0.1) is 0 Å². The van der Waals surface area contributed by atoms with E-state index in [1.807, 2.05) is 6.07 Å². The van der Waals surface area contributed by atoms with Crippen molar-refractivity contribution >= 4 is 0 Å². The summed E-state index contributed by atoms with van der Waals surface area (Å²) in [6.07, 6.45) is 1.76. The van der Waals surface area contributed by atoms with Crippen LogP contribution in [0.5, 0.6) is 0 Å². The third-order valence-electron chi connectivity index (χ3n) is 1.62. The molecule has 0 spiro atoms. The fourth-order valence-corrected chi connectivity index (χ4v) is 1.13. The Balaban J connectivity index is 2.52. The summed E-state index contributed by atoms with van der Waals surface area (Å²) in [4.78, 5) is 0. The lowest BCUT2D eigenvalue weighted by Gasteiger charge is -1.96. The van der Waals surface area contributed by atoms with Crippen LogP contribution in [0.3, 0.4) is 0 Å². The van der Waals surface area contributed by atoms with E-state index in [0.29, 0.717) is 12.5 Å². The summed E-state index contributed by atoms with van der Waals surface area (Å²) in [5.74, 6) is 1.52. The van der Waals surface area contributed by atoms with Crippen LogP contribution in [-0.4, -0.2) is 11.7 Å². The van der Waals surface area contributed by atoms with Crippen molar-refractivity contribution in [3.05, 3.63) is 17.5 Å². The first-order chi connectivity index (χ1) is 5.72. The average molecular weight is 168 g/mol. The van der Waals surface area contributed by atoms with Gasteiger partial charge in [-0.25, -0.2) is 0 Å². The van der Waals surface area contributed by atoms with Gasteiger partial charge < -0.3 is 10.3 Å². The lowest BCUT2D eigenvalue weighted by molar-refractivity contribution is 0.375. The third kappa shape index (κ3) is 2.66. The van der Waals surface area contributed by atoms with E-state index in [1.165, 1.54) is 0 Å². The molecule has 0 saturated carbocycles. The van der Waals surface area contributed by atoms with Crippen LogP contribution in [0.4, 0.5) is 0 Å². The molecule has 12 heavy (non-hydrogen) atoms. The predicted molar refractivity (Wildman–Crippen MR) is 47.8 cm³/mol. The number of rotatable bonds is 4. The van der Waals surface area contributed by atoms with Gasteiger partial charge in [0.1, 0.15) is 5.76 Å². The number of nitrogens with two attached hydrogens (primary N) is 1. The maximum Gasteiger partial charge on any atom is 0.138 e. The molecule has 0 saturated heterocycles. The minimum absolute atomic E-state index is 0.621. The van der Waals surface area contributed by atoms with Crippen molar-refractivity contribution in [1.29, 1.82) is 0 Å². The van der Waals surface area contributed by atoms with E-state index >= 15 is 0 Å². The molecule has 3 nitrogen and oxygen atoms in total. The van der Waals surface area contributed by atoms with Crippen molar-refractivity contribution in [3.8, 4) is 0 Å². The van der Waals surface area contributed by atoms with Crippen molar-refractivity contribution < 1.29 is 4.52 Å². The first kappa shape index (κ1) is 9.26. The van der Waals surface area contributed by atoms with Crippen molar-refractivity contribution in [3.63, 3.8) is 0 Å². The van der Waals surface area contributed by atoms with Crippen molar-refractivity contribution in [2.45, 2.75) is 26.7 Å². The molecule has 1 rings (SSSR count). The summed E-state index contributed by atoms with van der Waals surface area (Å²) in [5, 5.41) is 3.94. The van der Waals surface area contributed by atoms with Gasteiger partial charge >= 0.3 is 0 Å². The number of hydrogen-bond acceptors (Lipinski definition) is 3. The van der Waals surface area contributed by atoms with Crippen LogP contribution in [0.25, 0.3) is 0 Å². The van der Waals surface area contributed by atoms with E-state index in [0.717, 1.165) is 24.3 Å². The van der Waals surface area contributed by atoms with Gasteiger partial charge in [-0.1, -0.05) is 19.0 Å². The zero-order valence-electron chi connectivity index (χ0n) is 7.71. The van der Waals surface area contributed by atoms with Gasteiger partial charge in [0.05, 0.1) is 5.69 Å². The summed E-state index contributed by atoms with van der Waals surface area (Å²) in [5.41, 5.74) is 6.42. The first-order valence-electron chi connectivity index (χ1n) is 4.37. The van der Waals surface area contributed by atoms with Gasteiger partial charge in [0.2, 0.25) is 0 Å². The fourth-order valence-electron chi connectivity index (χ4n) is 1.13. The molecule has 0 fully saturated rings. The van der Waals surface area contributed by atoms with Crippen molar-refractivity contribution in [2.24, 2.45) is 11.7 Å². The monoisotopic (exact) mass is 168 g/mol. The van der Waals surface area contributed by atoms with Gasteiger partial charge in [-0.05, 0) is 18.9 Å². The van der Waals surface area contributed by atoms with Gasteiger partial charge in [-0.3, -0.25) is 0 Å². The molecule has 1 aromatic rings. The number of nitrogens with zero attached hydrogens (tertiary/aromatic N) is 1. The molecule has 68 valence electrons. The molecule has 0 aliphatic heterocycles. The predicted octanol–water partition coefficient (Wildman–Crippen LogP) is 1.37. The quantitative estimate of drug-likeness (QED) is 0.738. The summed E-state index contributed by atoms with van der Waals surface area (Å²) >= 11 is 0. The summed E-state index contributed by atoms with van der Waals surface area (Å²) in [6.45, 7) is 4.95. The molecule has 0 atom stereocenters. The highest BCUT2D eigenvalue weighted by atomic mass is 16.5. The minimum Gasteiger partial charge on any atom is -0.361 e. The molecule has 0 radical (unpaired) electrons. The van der Waals surface area contributed by atoms with Crippen LogP contribution in [0, 0.1) is 5.92 Å². The summed E-state index contributed by atoms with van der Waals surface area (Å²) in [6, 6.07) is 1.99. The van der Waals surface area contributed by atoms with Crippen molar-refractivity contribution in [2.75, 3.05) is 6.54 Å². The fraction of sp³-hybridized carbons (Fsp3) is 0.667. The third-order valence-corrected chi connectivity index (χ3v) is 1.62. The normalized spacial score (nSPS) is 11.0. The second kappa shape index (κ2) is 4.26. The molecule has 1 aromatic heterocycles. The molecular formula is C9H16N2O. The van der Waals surface area contributed by atoms with Crippen LogP contribution in [0.15, 0.2) is 10.6 Å². The van der Waals surface area contributed by atoms with Gasteiger partial charge in [0.25, 0.3) is 0 Å². The zero-order chi connectivity index (χ0) is 8.97. The summed E-state index contributed by atoms with van der Waals surface area (Å²) in [7, 11) is 0. The zero-order valence-corrected chi connectivity index (χ0v) is 7.71. The van der Waals surface area contributed by atoms with Crippen molar-refractivity contribution in [1.82, 2.24) is 5.16 Å². The Morgan fingerprint density at radius 2 is 2.33 bits per heavy atom. The molecule has 2 N–H and O–H groups in total. The van der Waals surface area contributed by atoms with E-state index in [2.05, 4.69) is 19.0 Å². The molecule has 0 aliphatic rings. The van der Waals surface area contributed by atoms with Crippen LogP contribution < -0.4 is 5.73 Å². The molecule has 0 bridgehead atoms. The van der Waals surface area contributed by atoms with E-state index in [1.54, 1.807) is 0 Å². The molecule has 0 amide bonds. The van der Waals surface area contributed by atoms with Crippen LogP contribution in [-0.2, 0) is 12.8 Å². The van der Waals surface area contributed by atoms with Gasteiger partial charge in [-0.2, -0.15) is 0 Å². The molecule has 0 aliphatic carbocycles. The molecule has 1 heterocycles. The largest absolute Gasteiger partial charge is 0.361 e. The Morgan fingerprint density at radius 3 is 2.92 bits per heavy atom. The Kier molecular flexibility index (Phi) is 3.29. The SMILES string of the molecule is CC(C)Cc1cc(CCN)on1. The lowest BCUT2D eigenvalue weighted by Crippen LogP contribution is -2.01. The van der Waals surface area contributed by atoms with Crippen LogP contribution >= 0.6 is 0 Å². The van der Waals surface area contributed by atoms with Crippen LogP contribution in [0.1, 0.15) is 25.3 Å². The second-order valence-electron chi connectivity index (χ2n) is 3.42. The first-order valence-corrected chi connectivity index (χ1v) is 4.37. The standard InChI is InChI=1S/C9H16N2O/c1-7(2)5-8-6-9(3-4-10)12-11-8/h6-7H,3-5,10H2,1-2H3. The summed E-state index contributed by atoms with van der Waals surface area (Å²) < 4.78 is 5.08. The number of aromatic nitrogens is 1. The molecule has 3 heteroatoms. The Morgan fingerprint density at radius 1 is 1.58 bits per heavy atom. The number of hydrogen-bond donors (Lipinski definition) is 1. The topological polar surface area (TPSA) is 52.0 Å². The Labute approximate surface area is 72.9 Å². The van der Waals surface area contributed by atoms with Gasteiger partial charge in [0, 0.05) is 12.5 Å². The highest BCUT2D eigenvalue weighted by molar-refractivity contribution is 5.06. The smallest absolute Gasteiger partial charge is 0.138 e.